The number of nitrogens with one attached hydrogen (secondary N) is 1. The smallest absolute Gasteiger partial charge is 0.372 e. The fraction of sp³-hybridized carbons (Fsp3) is 0.714. The zero-order valence-electron chi connectivity index (χ0n) is 12.0. The highest BCUT2D eigenvalue weighted by Crippen LogP contribution is 2.39. The molecule has 7 heteroatoms. The maximum atomic E-state index is 12.0. The van der Waals surface area contributed by atoms with E-state index >= 15 is 0 Å². The Morgan fingerprint density at radius 2 is 2.10 bits per heavy atom. The third-order valence-corrected chi connectivity index (χ3v) is 3.08. The summed E-state index contributed by atoms with van der Waals surface area (Å²) < 4.78 is 40.6. The van der Waals surface area contributed by atoms with Gasteiger partial charge in [0.05, 0.1) is 6.61 Å². The van der Waals surface area contributed by atoms with Crippen LogP contribution in [0.3, 0.4) is 0 Å². The molecule has 0 bridgehead atoms. The summed E-state index contributed by atoms with van der Waals surface area (Å²) in [5.74, 6) is 1.77. The number of alkyl halides is 3. The summed E-state index contributed by atoms with van der Waals surface area (Å²) in [4.78, 5) is 8.76. The molecule has 4 nitrogen and oxygen atoms in total. The Bertz CT molecular complexity index is 461. The summed E-state index contributed by atoms with van der Waals surface area (Å²) in [5.41, 5.74) is 0.981. The molecule has 0 atom stereocenters. The van der Waals surface area contributed by atoms with Crippen molar-refractivity contribution in [2.45, 2.75) is 44.7 Å². The Labute approximate surface area is 122 Å². The van der Waals surface area contributed by atoms with Gasteiger partial charge in [0, 0.05) is 30.6 Å². The molecule has 0 amide bonds. The van der Waals surface area contributed by atoms with Crippen molar-refractivity contribution >= 4 is 5.82 Å². The van der Waals surface area contributed by atoms with E-state index in [0.717, 1.165) is 37.3 Å². The first-order chi connectivity index (χ1) is 9.98. The van der Waals surface area contributed by atoms with Gasteiger partial charge in [-0.15, -0.1) is 0 Å². The van der Waals surface area contributed by atoms with Crippen LogP contribution in [0, 0.1) is 0 Å². The Morgan fingerprint density at radius 1 is 1.33 bits per heavy atom. The van der Waals surface area contributed by atoms with E-state index in [1.54, 1.807) is 0 Å². The first-order valence-corrected chi connectivity index (χ1v) is 7.24. The third-order valence-electron chi connectivity index (χ3n) is 3.08. The lowest BCUT2D eigenvalue weighted by Gasteiger charge is -2.10. The molecule has 2 rings (SSSR count). The first-order valence-electron chi connectivity index (χ1n) is 7.24. The minimum atomic E-state index is -4.29. The SMILES string of the molecule is CCCNc1cc(C2CC2)nc(CCOCC(F)(F)F)n1. The predicted octanol–water partition coefficient (Wildman–Crippen LogP) is 3.30. The van der Waals surface area contributed by atoms with E-state index in [-0.39, 0.29) is 13.0 Å². The Balaban J connectivity index is 1.92. The summed E-state index contributed by atoms with van der Waals surface area (Å²) in [6.45, 7) is 1.62. The molecule has 1 aliphatic rings. The largest absolute Gasteiger partial charge is 0.411 e. The fourth-order valence-corrected chi connectivity index (χ4v) is 1.91. The van der Waals surface area contributed by atoms with Gasteiger partial charge in [-0.25, -0.2) is 9.97 Å². The van der Waals surface area contributed by atoms with Crippen LogP contribution in [-0.4, -0.2) is 35.9 Å². The fourth-order valence-electron chi connectivity index (χ4n) is 1.91. The minimum absolute atomic E-state index is 0.0269. The van der Waals surface area contributed by atoms with Crippen molar-refractivity contribution in [3.63, 3.8) is 0 Å². The van der Waals surface area contributed by atoms with Crippen LogP contribution in [0.4, 0.5) is 19.0 Å². The van der Waals surface area contributed by atoms with Gasteiger partial charge in [0.1, 0.15) is 18.2 Å². The van der Waals surface area contributed by atoms with E-state index < -0.39 is 12.8 Å². The standard InChI is InChI=1S/C14H20F3N3O/c1-2-6-18-13-8-11(10-3-4-10)19-12(20-13)5-7-21-9-14(15,16)17/h8,10H,2-7,9H2,1H3,(H,18,19,20). The average molecular weight is 303 g/mol. The summed E-state index contributed by atoms with van der Waals surface area (Å²) in [5, 5.41) is 3.20. The predicted molar refractivity (Wildman–Crippen MR) is 73.4 cm³/mol. The van der Waals surface area contributed by atoms with Crippen molar-refractivity contribution in [3.8, 4) is 0 Å². The van der Waals surface area contributed by atoms with Crippen LogP contribution in [-0.2, 0) is 11.2 Å². The van der Waals surface area contributed by atoms with E-state index in [1.165, 1.54) is 0 Å². The van der Waals surface area contributed by atoms with E-state index in [9.17, 15) is 13.2 Å². The Kier molecular flexibility index (Phi) is 5.39. The molecule has 1 fully saturated rings. The van der Waals surface area contributed by atoms with Gasteiger partial charge in [0.2, 0.25) is 0 Å². The topological polar surface area (TPSA) is 47.0 Å². The zero-order chi connectivity index (χ0) is 15.3. The molecule has 1 aromatic heterocycles. The van der Waals surface area contributed by atoms with Crippen molar-refractivity contribution in [2.24, 2.45) is 0 Å². The van der Waals surface area contributed by atoms with E-state index in [1.807, 2.05) is 6.07 Å². The summed E-state index contributed by atoms with van der Waals surface area (Å²) in [6, 6.07) is 1.94. The highest BCUT2D eigenvalue weighted by molar-refractivity contribution is 5.38. The number of halogens is 3. The molecule has 0 aliphatic heterocycles. The maximum absolute atomic E-state index is 12.0. The van der Waals surface area contributed by atoms with Crippen molar-refractivity contribution in [1.29, 1.82) is 0 Å². The highest BCUT2D eigenvalue weighted by Gasteiger charge is 2.28. The van der Waals surface area contributed by atoms with Crippen molar-refractivity contribution in [1.82, 2.24) is 9.97 Å². The van der Waals surface area contributed by atoms with Gasteiger partial charge in [0.15, 0.2) is 0 Å². The lowest BCUT2D eigenvalue weighted by atomic mass is 10.2. The highest BCUT2D eigenvalue weighted by atomic mass is 19.4. The van der Waals surface area contributed by atoms with Crippen LogP contribution in [0.25, 0.3) is 0 Å². The normalized spacial score (nSPS) is 15.2. The number of anilines is 1. The molecular formula is C14H20F3N3O. The van der Waals surface area contributed by atoms with Crippen LogP contribution >= 0.6 is 0 Å². The van der Waals surface area contributed by atoms with Gasteiger partial charge >= 0.3 is 6.18 Å². The van der Waals surface area contributed by atoms with Crippen LogP contribution in [0.1, 0.15) is 43.6 Å². The molecule has 1 N–H and O–H groups in total. The molecule has 21 heavy (non-hydrogen) atoms. The number of hydrogen-bond donors (Lipinski definition) is 1. The van der Waals surface area contributed by atoms with Gasteiger partial charge < -0.3 is 10.1 Å². The molecule has 1 heterocycles. The Hall–Kier alpha value is -1.37. The van der Waals surface area contributed by atoms with E-state index in [0.29, 0.717) is 11.7 Å². The van der Waals surface area contributed by atoms with Crippen molar-refractivity contribution < 1.29 is 17.9 Å². The summed E-state index contributed by atoms with van der Waals surface area (Å²) >= 11 is 0. The van der Waals surface area contributed by atoms with Gasteiger partial charge in [-0.05, 0) is 19.3 Å². The first kappa shape index (κ1) is 16.0. The molecule has 1 aliphatic carbocycles. The number of hydrogen-bond acceptors (Lipinski definition) is 4. The molecule has 0 radical (unpaired) electrons. The molecule has 0 saturated heterocycles. The number of rotatable bonds is 8. The second kappa shape index (κ2) is 7.06. The minimum Gasteiger partial charge on any atom is -0.372 e. The van der Waals surface area contributed by atoms with Crippen molar-refractivity contribution in [2.75, 3.05) is 25.1 Å². The van der Waals surface area contributed by atoms with Gasteiger partial charge in [0.25, 0.3) is 0 Å². The quantitative estimate of drug-likeness (QED) is 0.749. The molecule has 0 aromatic carbocycles. The molecular weight excluding hydrogens is 283 g/mol. The Morgan fingerprint density at radius 3 is 2.71 bits per heavy atom. The van der Waals surface area contributed by atoms with Crippen LogP contribution in [0.15, 0.2) is 6.07 Å². The second-order valence-corrected chi connectivity index (χ2v) is 5.21. The zero-order valence-corrected chi connectivity index (χ0v) is 12.0. The second-order valence-electron chi connectivity index (χ2n) is 5.21. The van der Waals surface area contributed by atoms with Gasteiger partial charge in [-0.2, -0.15) is 13.2 Å². The van der Waals surface area contributed by atoms with Crippen LogP contribution in [0.2, 0.25) is 0 Å². The van der Waals surface area contributed by atoms with Gasteiger partial charge in [-0.1, -0.05) is 6.92 Å². The van der Waals surface area contributed by atoms with Crippen LogP contribution < -0.4 is 5.32 Å². The van der Waals surface area contributed by atoms with Crippen molar-refractivity contribution in [3.05, 3.63) is 17.6 Å². The van der Waals surface area contributed by atoms with Crippen LogP contribution in [0.5, 0.6) is 0 Å². The van der Waals surface area contributed by atoms with E-state index in [4.69, 9.17) is 0 Å². The molecule has 1 saturated carbocycles. The molecule has 0 unspecified atom stereocenters. The molecule has 118 valence electrons. The number of ether oxygens (including phenoxy) is 1. The summed E-state index contributed by atoms with van der Waals surface area (Å²) in [6.07, 6.45) is -0.780. The maximum Gasteiger partial charge on any atom is 0.411 e. The van der Waals surface area contributed by atoms with Gasteiger partial charge in [-0.3, -0.25) is 0 Å². The lowest BCUT2D eigenvalue weighted by molar-refractivity contribution is -0.173. The monoisotopic (exact) mass is 303 g/mol. The average Bonchev–Trinajstić information content (AvgIpc) is 3.24. The number of aromatic nitrogens is 2. The number of nitrogens with zero attached hydrogens (tertiary/aromatic N) is 2. The molecule has 0 spiro atoms. The molecule has 1 aromatic rings. The summed E-state index contributed by atoms with van der Waals surface area (Å²) in [7, 11) is 0. The van der Waals surface area contributed by atoms with E-state index in [2.05, 4.69) is 26.9 Å². The lowest BCUT2D eigenvalue weighted by Crippen LogP contribution is -2.18. The third kappa shape index (κ3) is 5.87.